The van der Waals surface area contributed by atoms with Gasteiger partial charge in [0.05, 0.1) is 20.7 Å². The van der Waals surface area contributed by atoms with Gasteiger partial charge in [0.2, 0.25) is 0 Å². The van der Waals surface area contributed by atoms with Gasteiger partial charge in [-0.05, 0) is 11.6 Å². The van der Waals surface area contributed by atoms with Crippen molar-refractivity contribution in [3.8, 4) is 0 Å². The molecule has 0 saturated heterocycles. The smallest absolute Gasteiger partial charge is 0.0623 e. The van der Waals surface area contributed by atoms with Gasteiger partial charge >= 0.3 is 0 Å². The van der Waals surface area contributed by atoms with E-state index in [2.05, 4.69) is 19.2 Å². The standard InChI is InChI=1S/C11H14ClNOS/c1-7(2)13-10-6-15(14)11-8(10)4-3-5-9(11)12/h3-5,7,10,13H,6H2,1-2H3. The van der Waals surface area contributed by atoms with Gasteiger partial charge in [-0.3, -0.25) is 4.21 Å². The van der Waals surface area contributed by atoms with E-state index in [1.807, 2.05) is 12.1 Å². The summed E-state index contributed by atoms with van der Waals surface area (Å²) in [5, 5.41) is 4.03. The Hall–Kier alpha value is -0.380. The third-order valence-corrected chi connectivity index (χ3v) is 4.43. The highest BCUT2D eigenvalue weighted by atomic mass is 35.5. The second-order valence-corrected chi connectivity index (χ2v) is 5.88. The van der Waals surface area contributed by atoms with Gasteiger partial charge in [0.1, 0.15) is 0 Å². The molecular weight excluding hydrogens is 230 g/mol. The molecule has 1 aliphatic heterocycles. The number of benzene rings is 1. The second-order valence-electron chi connectivity index (χ2n) is 4.04. The Morgan fingerprint density at radius 1 is 1.53 bits per heavy atom. The average Bonchev–Trinajstić information content (AvgIpc) is 2.44. The summed E-state index contributed by atoms with van der Waals surface area (Å²) < 4.78 is 11.9. The van der Waals surface area contributed by atoms with Crippen LogP contribution in [0.1, 0.15) is 25.5 Å². The van der Waals surface area contributed by atoms with E-state index in [0.717, 1.165) is 10.5 Å². The lowest BCUT2D eigenvalue weighted by atomic mass is 10.1. The van der Waals surface area contributed by atoms with E-state index in [-0.39, 0.29) is 6.04 Å². The Kier molecular flexibility index (Phi) is 3.14. The van der Waals surface area contributed by atoms with Gasteiger partial charge in [-0.1, -0.05) is 37.6 Å². The molecule has 0 aliphatic carbocycles. The predicted octanol–water partition coefficient (Wildman–Crippen LogP) is 2.50. The highest BCUT2D eigenvalue weighted by Gasteiger charge is 2.30. The number of nitrogens with one attached hydrogen (secondary N) is 1. The lowest BCUT2D eigenvalue weighted by Gasteiger charge is -2.15. The normalized spacial score (nSPS) is 24.5. The first kappa shape index (κ1) is 11.1. The van der Waals surface area contributed by atoms with E-state index in [1.54, 1.807) is 6.07 Å². The first-order valence-corrected chi connectivity index (χ1v) is 6.72. The Morgan fingerprint density at radius 2 is 2.27 bits per heavy atom. The average molecular weight is 244 g/mol. The summed E-state index contributed by atoms with van der Waals surface area (Å²) in [6, 6.07) is 6.29. The maximum absolute atomic E-state index is 11.9. The minimum atomic E-state index is -0.950. The summed E-state index contributed by atoms with van der Waals surface area (Å²) in [5.74, 6) is 0.636. The zero-order valence-electron chi connectivity index (χ0n) is 8.79. The molecule has 2 atom stereocenters. The van der Waals surface area contributed by atoms with Crippen LogP contribution in [0.5, 0.6) is 0 Å². The van der Waals surface area contributed by atoms with Crippen LogP contribution in [0, 0.1) is 0 Å². The van der Waals surface area contributed by atoms with Crippen LogP contribution in [0.4, 0.5) is 0 Å². The van der Waals surface area contributed by atoms with Crippen LogP contribution in [0.15, 0.2) is 23.1 Å². The molecule has 0 fully saturated rings. The molecule has 82 valence electrons. The fourth-order valence-corrected chi connectivity index (χ4v) is 3.85. The van der Waals surface area contributed by atoms with Gasteiger partial charge in [0.15, 0.2) is 0 Å². The van der Waals surface area contributed by atoms with Crippen molar-refractivity contribution in [1.29, 1.82) is 0 Å². The molecule has 1 aromatic rings. The summed E-state index contributed by atoms with van der Waals surface area (Å²) in [4.78, 5) is 0.817. The molecule has 15 heavy (non-hydrogen) atoms. The van der Waals surface area contributed by atoms with Crippen LogP contribution in [-0.2, 0) is 10.8 Å². The predicted molar refractivity (Wildman–Crippen MR) is 63.7 cm³/mol. The Morgan fingerprint density at radius 3 is 2.93 bits per heavy atom. The molecule has 1 heterocycles. The minimum Gasteiger partial charge on any atom is -0.307 e. The van der Waals surface area contributed by atoms with Gasteiger partial charge in [0.25, 0.3) is 0 Å². The molecule has 1 aliphatic rings. The van der Waals surface area contributed by atoms with Crippen molar-refractivity contribution in [3.05, 3.63) is 28.8 Å². The van der Waals surface area contributed by atoms with Gasteiger partial charge in [0, 0.05) is 17.8 Å². The second kappa shape index (κ2) is 4.24. The molecule has 2 rings (SSSR count). The van der Waals surface area contributed by atoms with Crippen LogP contribution in [0.3, 0.4) is 0 Å². The Labute approximate surface area is 97.5 Å². The fourth-order valence-electron chi connectivity index (χ4n) is 1.90. The summed E-state index contributed by atoms with van der Waals surface area (Å²) in [6.07, 6.45) is 0. The van der Waals surface area contributed by atoms with Gasteiger partial charge < -0.3 is 5.32 Å². The zero-order valence-corrected chi connectivity index (χ0v) is 10.4. The molecule has 0 aromatic heterocycles. The van der Waals surface area contributed by atoms with Crippen molar-refractivity contribution in [1.82, 2.24) is 5.32 Å². The molecule has 4 heteroatoms. The van der Waals surface area contributed by atoms with Crippen LogP contribution >= 0.6 is 11.6 Å². The quantitative estimate of drug-likeness (QED) is 0.865. The Balaban J connectivity index is 2.38. The molecule has 2 nitrogen and oxygen atoms in total. The highest BCUT2D eigenvalue weighted by Crippen LogP contribution is 2.35. The lowest BCUT2D eigenvalue weighted by Crippen LogP contribution is -2.28. The summed E-state index contributed by atoms with van der Waals surface area (Å²) >= 11 is 6.05. The van der Waals surface area contributed by atoms with Gasteiger partial charge in [-0.25, -0.2) is 0 Å². The van der Waals surface area contributed by atoms with Crippen LogP contribution < -0.4 is 5.32 Å². The number of fused-ring (bicyclic) bond motifs is 1. The number of hydrogen-bond acceptors (Lipinski definition) is 2. The van der Waals surface area contributed by atoms with Crippen molar-refractivity contribution in [2.75, 3.05) is 5.75 Å². The Bertz CT molecular complexity index is 406. The van der Waals surface area contributed by atoms with Crippen molar-refractivity contribution >= 4 is 22.4 Å². The van der Waals surface area contributed by atoms with Crippen molar-refractivity contribution in [2.24, 2.45) is 0 Å². The molecule has 0 spiro atoms. The topological polar surface area (TPSA) is 29.1 Å². The van der Waals surface area contributed by atoms with E-state index in [4.69, 9.17) is 11.6 Å². The third-order valence-electron chi connectivity index (χ3n) is 2.45. The van der Waals surface area contributed by atoms with E-state index >= 15 is 0 Å². The molecule has 0 saturated carbocycles. The zero-order chi connectivity index (χ0) is 11.0. The van der Waals surface area contributed by atoms with Gasteiger partial charge in [-0.2, -0.15) is 0 Å². The largest absolute Gasteiger partial charge is 0.307 e. The molecular formula is C11H14ClNOS. The minimum absolute atomic E-state index is 0.180. The summed E-state index contributed by atoms with van der Waals surface area (Å²) in [7, 11) is -0.950. The van der Waals surface area contributed by atoms with E-state index in [0.29, 0.717) is 16.8 Å². The molecule has 0 radical (unpaired) electrons. The maximum Gasteiger partial charge on any atom is 0.0623 e. The van der Waals surface area contributed by atoms with E-state index in [9.17, 15) is 4.21 Å². The van der Waals surface area contributed by atoms with Crippen LogP contribution in [-0.4, -0.2) is 16.0 Å². The first-order valence-electron chi connectivity index (χ1n) is 5.02. The van der Waals surface area contributed by atoms with Crippen molar-refractivity contribution in [3.63, 3.8) is 0 Å². The fraction of sp³-hybridized carbons (Fsp3) is 0.455. The van der Waals surface area contributed by atoms with Crippen LogP contribution in [0.25, 0.3) is 0 Å². The maximum atomic E-state index is 11.9. The van der Waals surface area contributed by atoms with Crippen molar-refractivity contribution in [2.45, 2.75) is 30.8 Å². The highest BCUT2D eigenvalue weighted by molar-refractivity contribution is 7.85. The lowest BCUT2D eigenvalue weighted by molar-refractivity contribution is 0.511. The number of halogens is 1. The number of rotatable bonds is 2. The third kappa shape index (κ3) is 2.10. The van der Waals surface area contributed by atoms with Crippen LogP contribution in [0.2, 0.25) is 5.02 Å². The first-order chi connectivity index (χ1) is 7.09. The summed E-state index contributed by atoms with van der Waals surface area (Å²) in [5.41, 5.74) is 1.09. The van der Waals surface area contributed by atoms with E-state index < -0.39 is 10.8 Å². The SMILES string of the molecule is CC(C)NC1CS(=O)c2c(Cl)cccc21. The number of hydrogen-bond donors (Lipinski definition) is 1. The summed E-state index contributed by atoms with van der Waals surface area (Å²) in [6.45, 7) is 4.18. The van der Waals surface area contributed by atoms with Gasteiger partial charge in [-0.15, -0.1) is 0 Å². The molecule has 0 bridgehead atoms. The van der Waals surface area contributed by atoms with E-state index in [1.165, 1.54) is 0 Å². The molecule has 2 unspecified atom stereocenters. The molecule has 1 N–H and O–H groups in total. The molecule has 0 amide bonds. The van der Waals surface area contributed by atoms with Crippen molar-refractivity contribution < 1.29 is 4.21 Å². The molecule has 1 aromatic carbocycles. The monoisotopic (exact) mass is 243 g/mol.